The number of benzene rings is 2. The van der Waals surface area contributed by atoms with Crippen LogP contribution in [-0.2, 0) is 6.42 Å². The number of ketones is 1. The van der Waals surface area contributed by atoms with Crippen molar-refractivity contribution in [2.75, 3.05) is 14.2 Å². The van der Waals surface area contributed by atoms with E-state index >= 15 is 0 Å². The lowest BCUT2D eigenvalue weighted by atomic mass is 9.98. The van der Waals surface area contributed by atoms with Crippen LogP contribution in [0.5, 0.6) is 11.5 Å². The fourth-order valence-corrected chi connectivity index (χ4v) is 3.56. The Bertz CT molecular complexity index is 1150. The number of aromatic amines is 1. The molecule has 2 aromatic carbocycles. The average Bonchev–Trinajstić information content (AvgIpc) is 3.09. The number of methoxy groups -OCH3 is 2. The Morgan fingerprint density at radius 1 is 1.04 bits per heavy atom. The maximum absolute atomic E-state index is 13.0. The summed E-state index contributed by atoms with van der Waals surface area (Å²) in [5, 5.41) is 1.99. The molecule has 136 valence electrons. The smallest absolute Gasteiger partial charge is 0.211 e. The van der Waals surface area contributed by atoms with Gasteiger partial charge in [-0.2, -0.15) is 0 Å². The maximum atomic E-state index is 13.0. The molecule has 0 aliphatic rings. The van der Waals surface area contributed by atoms with Crippen LogP contribution in [-0.4, -0.2) is 30.0 Å². The summed E-state index contributed by atoms with van der Waals surface area (Å²) in [7, 11) is 3.23. The molecule has 0 atom stereocenters. The van der Waals surface area contributed by atoms with Gasteiger partial charge < -0.3 is 14.5 Å². The molecule has 0 radical (unpaired) electrons. The molecule has 0 spiro atoms. The highest BCUT2D eigenvalue weighted by Crippen LogP contribution is 2.37. The van der Waals surface area contributed by atoms with E-state index in [2.05, 4.69) is 9.97 Å². The van der Waals surface area contributed by atoms with Gasteiger partial charge in [0.1, 0.15) is 5.69 Å². The third kappa shape index (κ3) is 2.72. The Morgan fingerprint density at radius 3 is 2.41 bits per heavy atom. The van der Waals surface area contributed by atoms with Crippen LogP contribution in [0.2, 0.25) is 0 Å². The molecule has 0 aliphatic heterocycles. The molecule has 4 rings (SSSR count). The Balaban J connectivity index is 2.00. The number of H-pyrrole nitrogens is 1. The zero-order chi connectivity index (χ0) is 19.0. The maximum Gasteiger partial charge on any atom is 0.211 e. The summed E-state index contributed by atoms with van der Waals surface area (Å²) in [6, 6.07) is 13.1. The van der Waals surface area contributed by atoms with Crippen LogP contribution < -0.4 is 9.47 Å². The van der Waals surface area contributed by atoms with Crippen molar-refractivity contribution in [1.82, 2.24) is 9.97 Å². The fourth-order valence-electron chi connectivity index (χ4n) is 3.56. The van der Waals surface area contributed by atoms with Crippen LogP contribution in [0.3, 0.4) is 0 Å². The Kier molecular flexibility index (Phi) is 4.28. The fraction of sp³-hybridized carbons (Fsp3) is 0.182. The van der Waals surface area contributed by atoms with E-state index in [1.807, 2.05) is 49.4 Å². The lowest BCUT2D eigenvalue weighted by molar-refractivity contribution is 0.103. The van der Waals surface area contributed by atoms with Gasteiger partial charge in [0.25, 0.3) is 0 Å². The second-order valence-corrected chi connectivity index (χ2v) is 6.30. The van der Waals surface area contributed by atoms with Crippen molar-refractivity contribution in [1.29, 1.82) is 0 Å². The standard InChI is InChI=1S/C22H20N2O3/c1-4-14-20-15-10-18(26-2)19(27-3)11-16(15)24-17(20)12-23-21(14)22(25)13-8-6-5-7-9-13/h5-12,24H,4H2,1-3H3. The molecule has 0 aliphatic carbocycles. The summed E-state index contributed by atoms with van der Waals surface area (Å²) >= 11 is 0. The van der Waals surface area contributed by atoms with E-state index in [0.717, 1.165) is 27.4 Å². The number of fused-ring (bicyclic) bond motifs is 3. The highest BCUT2D eigenvalue weighted by molar-refractivity contribution is 6.15. The molecule has 0 fully saturated rings. The topological polar surface area (TPSA) is 64.2 Å². The van der Waals surface area contributed by atoms with Gasteiger partial charge in [-0.05, 0) is 18.1 Å². The van der Waals surface area contributed by atoms with Gasteiger partial charge in [0.05, 0.1) is 31.4 Å². The molecule has 0 amide bonds. The van der Waals surface area contributed by atoms with Gasteiger partial charge in [0, 0.05) is 22.4 Å². The van der Waals surface area contributed by atoms with Crippen LogP contribution in [0.15, 0.2) is 48.7 Å². The number of nitrogens with zero attached hydrogens (tertiary/aromatic N) is 1. The molecule has 0 saturated heterocycles. The minimum Gasteiger partial charge on any atom is -0.493 e. The number of aryl methyl sites for hydroxylation is 1. The Labute approximate surface area is 156 Å². The summed E-state index contributed by atoms with van der Waals surface area (Å²) in [6.45, 7) is 2.04. The molecule has 1 N–H and O–H groups in total. The minimum atomic E-state index is -0.0656. The first kappa shape index (κ1) is 17.1. The normalized spacial score (nSPS) is 11.1. The Morgan fingerprint density at radius 2 is 1.74 bits per heavy atom. The number of rotatable bonds is 5. The van der Waals surface area contributed by atoms with Crippen molar-refractivity contribution >= 4 is 27.6 Å². The highest BCUT2D eigenvalue weighted by Gasteiger charge is 2.20. The lowest BCUT2D eigenvalue weighted by Crippen LogP contribution is -2.08. The number of nitrogens with one attached hydrogen (secondary N) is 1. The summed E-state index contributed by atoms with van der Waals surface area (Å²) in [5.74, 6) is 1.24. The summed E-state index contributed by atoms with van der Waals surface area (Å²) in [4.78, 5) is 20.9. The molecule has 2 heterocycles. The van der Waals surface area contributed by atoms with Gasteiger partial charge in [-0.25, -0.2) is 0 Å². The SMILES string of the molecule is CCc1c(C(=O)c2ccccc2)ncc2[nH]c3cc(OC)c(OC)cc3c12. The third-order valence-corrected chi connectivity index (χ3v) is 4.85. The molecule has 0 saturated carbocycles. The predicted molar refractivity (Wildman–Crippen MR) is 106 cm³/mol. The molecular weight excluding hydrogens is 340 g/mol. The van der Waals surface area contributed by atoms with E-state index in [1.165, 1.54) is 0 Å². The average molecular weight is 360 g/mol. The number of carbonyl (C=O) groups excluding carboxylic acids is 1. The molecule has 2 aromatic heterocycles. The second kappa shape index (κ2) is 6.76. The quantitative estimate of drug-likeness (QED) is 0.531. The number of carbonyl (C=O) groups is 1. The van der Waals surface area contributed by atoms with Gasteiger partial charge in [-0.15, -0.1) is 0 Å². The largest absolute Gasteiger partial charge is 0.493 e. The van der Waals surface area contributed by atoms with E-state index in [1.54, 1.807) is 20.4 Å². The molecule has 27 heavy (non-hydrogen) atoms. The van der Waals surface area contributed by atoms with Crippen LogP contribution in [0.1, 0.15) is 28.5 Å². The zero-order valence-corrected chi connectivity index (χ0v) is 15.5. The first-order valence-corrected chi connectivity index (χ1v) is 8.83. The predicted octanol–water partition coefficient (Wildman–Crippen LogP) is 4.53. The first-order valence-electron chi connectivity index (χ1n) is 8.83. The van der Waals surface area contributed by atoms with Crippen molar-refractivity contribution in [2.24, 2.45) is 0 Å². The van der Waals surface area contributed by atoms with Crippen molar-refractivity contribution in [3.05, 3.63) is 65.5 Å². The second-order valence-electron chi connectivity index (χ2n) is 6.30. The Hall–Kier alpha value is -3.34. The number of aromatic nitrogens is 2. The van der Waals surface area contributed by atoms with Gasteiger partial charge in [0.2, 0.25) is 5.78 Å². The molecule has 5 heteroatoms. The minimum absolute atomic E-state index is 0.0656. The first-order chi connectivity index (χ1) is 13.2. The van der Waals surface area contributed by atoms with Crippen molar-refractivity contribution < 1.29 is 14.3 Å². The third-order valence-electron chi connectivity index (χ3n) is 4.85. The van der Waals surface area contributed by atoms with E-state index < -0.39 is 0 Å². The van der Waals surface area contributed by atoms with E-state index in [-0.39, 0.29) is 5.78 Å². The van der Waals surface area contributed by atoms with Crippen LogP contribution in [0, 0.1) is 0 Å². The summed E-state index contributed by atoms with van der Waals surface area (Å²) in [5.41, 5.74) is 3.87. The van der Waals surface area contributed by atoms with Gasteiger partial charge in [-0.3, -0.25) is 9.78 Å². The number of pyridine rings is 1. The number of hydrogen-bond donors (Lipinski definition) is 1. The van der Waals surface area contributed by atoms with Crippen molar-refractivity contribution in [2.45, 2.75) is 13.3 Å². The monoisotopic (exact) mass is 360 g/mol. The number of hydrogen-bond acceptors (Lipinski definition) is 4. The molecule has 5 nitrogen and oxygen atoms in total. The lowest BCUT2D eigenvalue weighted by Gasteiger charge is -2.09. The summed E-state index contributed by atoms with van der Waals surface area (Å²) in [6.07, 6.45) is 2.42. The van der Waals surface area contributed by atoms with Gasteiger partial charge in [-0.1, -0.05) is 37.3 Å². The van der Waals surface area contributed by atoms with E-state index in [0.29, 0.717) is 29.2 Å². The summed E-state index contributed by atoms with van der Waals surface area (Å²) < 4.78 is 10.9. The van der Waals surface area contributed by atoms with Gasteiger partial charge >= 0.3 is 0 Å². The molecular formula is C22H20N2O3. The van der Waals surface area contributed by atoms with Crippen molar-refractivity contribution in [3.63, 3.8) is 0 Å². The van der Waals surface area contributed by atoms with Crippen LogP contribution >= 0.6 is 0 Å². The van der Waals surface area contributed by atoms with Gasteiger partial charge in [0.15, 0.2) is 11.5 Å². The van der Waals surface area contributed by atoms with Crippen molar-refractivity contribution in [3.8, 4) is 11.5 Å². The molecule has 0 bridgehead atoms. The highest BCUT2D eigenvalue weighted by atomic mass is 16.5. The van der Waals surface area contributed by atoms with E-state index in [9.17, 15) is 4.79 Å². The number of ether oxygens (including phenoxy) is 2. The molecule has 0 unspecified atom stereocenters. The van der Waals surface area contributed by atoms with E-state index in [4.69, 9.17) is 9.47 Å². The van der Waals surface area contributed by atoms with Crippen LogP contribution in [0.4, 0.5) is 0 Å². The van der Waals surface area contributed by atoms with Crippen LogP contribution in [0.25, 0.3) is 21.8 Å². The zero-order valence-electron chi connectivity index (χ0n) is 15.5. The molecule has 4 aromatic rings.